The molecule has 2 aromatic rings. The summed E-state index contributed by atoms with van der Waals surface area (Å²) in [5.41, 5.74) is 3.92. The summed E-state index contributed by atoms with van der Waals surface area (Å²) in [4.78, 5) is 4.46. The molecule has 1 aromatic carbocycles. The van der Waals surface area contributed by atoms with E-state index in [9.17, 15) is 0 Å². The topological polar surface area (TPSA) is 34.1 Å². The molecule has 0 aliphatic heterocycles. The van der Waals surface area contributed by atoms with E-state index in [1.807, 2.05) is 44.2 Å². The Bertz CT molecular complexity index is 584. The molecule has 19 heavy (non-hydrogen) atoms. The molecular weight excluding hydrogens is 260 g/mol. The van der Waals surface area contributed by atoms with Gasteiger partial charge in [0.15, 0.2) is 0 Å². The summed E-state index contributed by atoms with van der Waals surface area (Å²) < 4.78 is 5.23. The molecule has 3 nitrogen and oxygen atoms in total. The van der Waals surface area contributed by atoms with E-state index in [0.29, 0.717) is 6.54 Å². The highest BCUT2D eigenvalue weighted by Gasteiger charge is 2.03. The van der Waals surface area contributed by atoms with Crippen molar-refractivity contribution < 1.29 is 4.74 Å². The molecular formula is C15H17ClN2O. The molecule has 1 heterocycles. The van der Waals surface area contributed by atoms with Crippen molar-refractivity contribution in [2.24, 2.45) is 0 Å². The number of methoxy groups -OCH3 is 1. The molecule has 0 amide bonds. The first-order valence-corrected chi connectivity index (χ1v) is 6.48. The maximum Gasteiger partial charge on any atom is 0.122 e. The molecule has 0 atom stereocenters. The van der Waals surface area contributed by atoms with Crippen LogP contribution in [-0.4, -0.2) is 12.1 Å². The fraction of sp³-hybridized carbons (Fsp3) is 0.267. The molecule has 0 spiro atoms. The lowest BCUT2D eigenvalue weighted by Gasteiger charge is -2.10. The van der Waals surface area contributed by atoms with Crippen molar-refractivity contribution in [2.45, 2.75) is 20.4 Å². The van der Waals surface area contributed by atoms with Crippen LogP contribution in [0.5, 0.6) is 5.75 Å². The van der Waals surface area contributed by atoms with E-state index >= 15 is 0 Å². The third kappa shape index (κ3) is 3.61. The number of nitrogens with one attached hydrogen (secondary N) is 1. The standard InChI is InChI=1S/C15H17ClN2O/c1-10-4-5-15(14(16)6-10)17-9-12-8-13(19-3)7-11(2)18-12/h4-8,17H,9H2,1-3H3. The monoisotopic (exact) mass is 276 g/mol. The molecule has 1 N–H and O–H groups in total. The van der Waals surface area contributed by atoms with Crippen molar-refractivity contribution in [1.29, 1.82) is 0 Å². The zero-order valence-electron chi connectivity index (χ0n) is 11.3. The van der Waals surface area contributed by atoms with E-state index in [1.165, 1.54) is 0 Å². The van der Waals surface area contributed by atoms with Crippen molar-refractivity contribution >= 4 is 17.3 Å². The average Bonchev–Trinajstić information content (AvgIpc) is 2.37. The highest BCUT2D eigenvalue weighted by molar-refractivity contribution is 6.33. The number of nitrogens with zero attached hydrogens (tertiary/aromatic N) is 1. The largest absolute Gasteiger partial charge is 0.497 e. The molecule has 0 saturated heterocycles. The highest BCUT2D eigenvalue weighted by Crippen LogP contribution is 2.23. The van der Waals surface area contributed by atoms with Gasteiger partial charge in [0.25, 0.3) is 0 Å². The molecule has 0 aliphatic carbocycles. The van der Waals surface area contributed by atoms with Crippen LogP contribution >= 0.6 is 11.6 Å². The van der Waals surface area contributed by atoms with Gasteiger partial charge in [0.1, 0.15) is 5.75 Å². The van der Waals surface area contributed by atoms with Crippen LogP contribution in [0.25, 0.3) is 0 Å². The smallest absolute Gasteiger partial charge is 0.122 e. The van der Waals surface area contributed by atoms with Gasteiger partial charge in [0, 0.05) is 17.8 Å². The molecule has 0 unspecified atom stereocenters. The van der Waals surface area contributed by atoms with Crippen molar-refractivity contribution in [3.05, 3.63) is 52.3 Å². The summed E-state index contributed by atoms with van der Waals surface area (Å²) >= 11 is 6.18. The maximum atomic E-state index is 6.18. The van der Waals surface area contributed by atoms with E-state index in [2.05, 4.69) is 10.3 Å². The van der Waals surface area contributed by atoms with Gasteiger partial charge in [-0.05, 0) is 31.5 Å². The first-order chi connectivity index (χ1) is 9.08. The Balaban J connectivity index is 2.12. The van der Waals surface area contributed by atoms with Crippen LogP contribution in [0.4, 0.5) is 5.69 Å². The number of hydrogen-bond donors (Lipinski definition) is 1. The van der Waals surface area contributed by atoms with E-state index in [1.54, 1.807) is 7.11 Å². The van der Waals surface area contributed by atoms with Gasteiger partial charge in [-0.3, -0.25) is 4.98 Å². The van der Waals surface area contributed by atoms with E-state index in [0.717, 1.165) is 33.4 Å². The van der Waals surface area contributed by atoms with Crippen LogP contribution in [0.1, 0.15) is 17.0 Å². The number of hydrogen-bond acceptors (Lipinski definition) is 3. The number of aromatic nitrogens is 1. The quantitative estimate of drug-likeness (QED) is 0.917. The molecule has 0 fully saturated rings. The second-order valence-corrected chi connectivity index (χ2v) is 4.88. The Hall–Kier alpha value is -1.74. The Labute approximate surface area is 118 Å². The minimum Gasteiger partial charge on any atom is -0.497 e. The number of halogens is 1. The molecule has 0 bridgehead atoms. The molecule has 100 valence electrons. The first-order valence-electron chi connectivity index (χ1n) is 6.10. The van der Waals surface area contributed by atoms with Gasteiger partial charge < -0.3 is 10.1 Å². The van der Waals surface area contributed by atoms with Crippen LogP contribution in [0.15, 0.2) is 30.3 Å². The van der Waals surface area contributed by atoms with Gasteiger partial charge in [-0.2, -0.15) is 0 Å². The second kappa shape index (κ2) is 5.93. The second-order valence-electron chi connectivity index (χ2n) is 4.48. The van der Waals surface area contributed by atoms with Crippen molar-refractivity contribution in [2.75, 3.05) is 12.4 Å². The van der Waals surface area contributed by atoms with Crippen LogP contribution in [0.3, 0.4) is 0 Å². The minimum absolute atomic E-state index is 0.612. The predicted molar refractivity (Wildman–Crippen MR) is 79.0 cm³/mol. The van der Waals surface area contributed by atoms with Crippen molar-refractivity contribution in [3.63, 3.8) is 0 Å². The summed E-state index contributed by atoms with van der Waals surface area (Å²) in [7, 11) is 1.66. The van der Waals surface area contributed by atoms with Crippen molar-refractivity contribution in [1.82, 2.24) is 4.98 Å². The molecule has 2 rings (SSSR count). The van der Waals surface area contributed by atoms with Gasteiger partial charge >= 0.3 is 0 Å². The molecule has 0 aliphatic rings. The summed E-state index contributed by atoms with van der Waals surface area (Å²) in [5, 5.41) is 4.01. The Morgan fingerprint density at radius 1 is 1.21 bits per heavy atom. The molecule has 0 radical (unpaired) electrons. The normalized spacial score (nSPS) is 10.3. The van der Waals surface area contributed by atoms with Gasteiger partial charge in [0.05, 0.1) is 30.1 Å². The maximum absolute atomic E-state index is 6.18. The number of pyridine rings is 1. The summed E-state index contributed by atoms with van der Waals surface area (Å²) in [6, 6.07) is 9.77. The van der Waals surface area contributed by atoms with Gasteiger partial charge in [0.2, 0.25) is 0 Å². The number of anilines is 1. The number of benzene rings is 1. The van der Waals surface area contributed by atoms with Crippen LogP contribution in [0.2, 0.25) is 5.02 Å². The van der Waals surface area contributed by atoms with Crippen molar-refractivity contribution in [3.8, 4) is 5.75 Å². The first kappa shape index (κ1) is 13.7. The van der Waals surface area contributed by atoms with E-state index in [-0.39, 0.29) is 0 Å². The number of aryl methyl sites for hydroxylation is 2. The third-order valence-corrected chi connectivity index (χ3v) is 3.11. The number of ether oxygens (including phenoxy) is 1. The lowest BCUT2D eigenvalue weighted by atomic mass is 10.2. The Kier molecular flexibility index (Phi) is 4.27. The highest BCUT2D eigenvalue weighted by atomic mass is 35.5. The Morgan fingerprint density at radius 3 is 2.68 bits per heavy atom. The van der Waals surface area contributed by atoms with E-state index in [4.69, 9.17) is 16.3 Å². The fourth-order valence-corrected chi connectivity index (χ4v) is 2.16. The summed E-state index contributed by atoms with van der Waals surface area (Å²) in [6.45, 7) is 4.58. The summed E-state index contributed by atoms with van der Waals surface area (Å²) in [6.07, 6.45) is 0. The van der Waals surface area contributed by atoms with Gasteiger partial charge in [-0.15, -0.1) is 0 Å². The average molecular weight is 277 g/mol. The van der Waals surface area contributed by atoms with E-state index < -0.39 is 0 Å². The zero-order valence-corrected chi connectivity index (χ0v) is 12.1. The number of rotatable bonds is 4. The minimum atomic E-state index is 0.612. The van der Waals surface area contributed by atoms with Crippen LogP contribution in [0, 0.1) is 13.8 Å². The van der Waals surface area contributed by atoms with Crippen LogP contribution < -0.4 is 10.1 Å². The SMILES string of the molecule is COc1cc(C)nc(CNc2ccc(C)cc2Cl)c1. The van der Waals surface area contributed by atoms with Gasteiger partial charge in [-0.25, -0.2) is 0 Å². The van der Waals surface area contributed by atoms with Crippen LogP contribution in [-0.2, 0) is 6.54 Å². The van der Waals surface area contributed by atoms with Gasteiger partial charge in [-0.1, -0.05) is 17.7 Å². The third-order valence-electron chi connectivity index (χ3n) is 2.80. The predicted octanol–water partition coefficient (Wildman–Crippen LogP) is 3.97. The summed E-state index contributed by atoms with van der Waals surface area (Å²) in [5.74, 6) is 0.819. The fourth-order valence-electron chi connectivity index (χ4n) is 1.86. The molecule has 4 heteroatoms. The lowest BCUT2D eigenvalue weighted by molar-refractivity contribution is 0.413. The molecule has 0 saturated carbocycles. The molecule has 1 aromatic heterocycles. The Morgan fingerprint density at radius 2 is 2.00 bits per heavy atom. The lowest BCUT2D eigenvalue weighted by Crippen LogP contribution is -2.03. The zero-order chi connectivity index (χ0) is 13.8.